The summed E-state index contributed by atoms with van der Waals surface area (Å²) in [5, 5.41) is 10.2. The first-order valence-corrected chi connectivity index (χ1v) is 15.0. The molecular formula is C32H59NO2. The van der Waals surface area contributed by atoms with Crippen LogP contribution in [0.2, 0.25) is 0 Å². The van der Waals surface area contributed by atoms with Crippen LogP contribution in [0.5, 0.6) is 0 Å². The van der Waals surface area contributed by atoms with Gasteiger partial charge in [-0.15, -0.1) is 0 Å². The van der Waals surface area contributed by atoms with Crippen LogP contribution in [0.3, 0.4) is 0 Å². The lowest BCUT2D eigenvalue weighted by atomic mass is 10.0. The van der Waals surface area contributed by atoms with Crippen molar-refractivity contribution >= 4 is 5.97 Å². The summed E-state index contributed by atoms with van der Waals surface area (Å²) in [5.41, 5.74) is 5.18. The smallest absolute Gasteiger partial charge is 0.0739 e. The van der Waals surface area contributed by atoms with Crippen LogP contribution in [-0.2, 0) is 0 Å². The van der Waals surface area contributed by atoms with Gasteiger partial charge in [-0.3, -0.25) is 0 Å². The highest BCUT2D eigenvalue weighted by atomic mass is 16.4. The number of carbonyl (C=O) groups excluding carboxylic acids is 1. The van der Waals surface area contributed by atoms with Crippen molar-refractivity contribution in [3.8, 4) is 0 Å². The number of unbranched alkanes of at least 4 members (excludes halogenated alkanes) is 18. The molecule has 0 aliphatic carbocycles. The molecule has 0 radical (unpaired) electrons. The molecule has 0 fully saturated rings. The van der Waals surface area contributed by atoms with E-state index in [1.165, 1.54) is 141 Å². The predicted octanol–water partition coefficient (Wildman–Crippen LogP) is 8.04. The number of quaternary nitrogens is 1. The maximum Gasteiger partial charge on any atom is 0.0739 e. The Labute approximate surface area is 218 Å². The first kappa shape index (κ1) is 33.7. The summed E-state index contributed by atoms with van der Waals surface area (Å²) in [6.45, 7) is 7.71. The van der Waals surface area contributed by atoms with E-state index in [2.05, 4.69) is 19.6 Å². The summed E-state index contributed by atoms with van der Waals surface area (Å²) in [5.74, 6) is -0.228. The predicted molar refractivity (Wildman–Crippen MR) is 150 cm³/mol. The quantitative estimate of drug-likeness (QED) is 0.167. The Bertz CT molecular complexity index is 567. The van der Waals surface area contributed by atoms with Crippen LogP contribution < -0.4 is 10.8 Å². The molecule has 0 saturated heterocycles. The monoisotopic (exact) mass is 489 g/mol. The Morgan fingerprint density at radius 3 is 1.23 bits per heavy atom. The fraction of sp³-hybridized carbons (Fsp3) is 0.781. The Balaban J connectivity index is 0.000000952. The second kappa shape index (κ2) is 25.7. The molecule has 1 aromatic carbocycles. The lowest BCUT2D eigenvalue weighted by molar-refractivity contribution is -0.368. The van der Waals surface area contributed by atoms with E-state index in [0.717, 1.165) is 18.0 Å². The largest absolute Gasteiger partial charge is 0.545 e. The van der Waals surface area contributed by atoms with Crippen molar-refractivity contribution in [2.24, 2.45) is 5.92 Å². The molecule has 204 valence electrons. The zero-order valence-corrected chi connectivity index (χ0v) is 23.8. The van der Waals surface area contributed by atoms with E-state index >= 15 is 0 Å². The number of aryl methyl sites for hydroxylation is 1. The molecule has 3 N–H and O–H groups in total. The number of carboxylic acids is 1. The van der Waals surface area contributed by atoms with Gasteiger partial charge in [0.1, 0.15) is 0 Å². The highest BCUT2D eigenvalue weighted by Gasteiger charge is 1.96. The zero-order chi connectivity index (χ0) is 26.0. The van der Waals surface area contributed by atoms with Crippen molar-refractivity contribution < 1.29 is 15.6 Å². The highest BCUT2D eigenvalue weighted by molar-refractivity contribution is 5.85. The van der Waals surface area contributed by atoms with Gasteiger partial charge in [0, 0.05) is 0 Å². The molecule has 0 amide bonds. The van der Waals surface area contributed by atoms with Gasteiger partial charge in [-0.1, -0.05) is 159 Å². The number of hydrogen-bond donors (Lipinski definition) is 1. The second-order valence-electron chi connectivity index (χ2n) is 10.9. The molecule has 0 aliphatic heterocycles. The molecular weight excluding hydrogens is 430 g/mol. The Hall–Kier alpha value is -1.35. The van der Waals surface area contributed by atoms with E-state index in [4.69, 9.17) is 0 Å². The summed E-state index contributed by atoms with van der Waals surface area (Å²) in [6.07, 6.45) is 29.2. The van der Waals surface area contributed by atoms with Gasteiger partial charge >= 0.3 is 0 Å². The molecule has 1 rings (SSSR count). The van der Waals surface area contributed by atoms with Gasteiger partial charge in [-0.2, -0.15) is 0 Å². The zero-order valence-electron chi connectivity index (χ0n) is 23.8. The molecule has 35 heavy (non-hydrogen) atoms. The molecule has 3 heteroatoms. The molecule has 0 aliphatic rings. The Morgan fingerprint density at radius 2 is 0.943 bits per heavy atom. The van der Waals surface area contributed by atoms with E-state index in [9.17, 15) is 9.90 Å². The van der Waals surface area contributed by atoms with Crippen LogP contribution in [0, 0.1) is 12.8 Å². The SMILES string of the molecule is CC(C)CCCCCCCCCCCCCCCCCCCCC[NH3+].Cc1ccc(C(=O)[O-])cc1. The molecule has 0 aromatic heterocycles. The Kier molecular flexibility index (Phi) is 24.7. The van der Waals surface area contributed by atoms with Gasteiger partial charge in [0.15, 0.2) is 0 Å². The highest BCUT2D eigenvalue weighted by Crippen LogP contribution is 2.15. The number of hydrogen-bond acceptors (Lipinski definition) is 2. The van der Waals surface area contributed by atoms with Crippen LogP contribution in [0.25, 0.3) is 0 Å². The third-order valence-electron chi connectivity index (χ3n) is 6.82. The molecule has 0 bridgehead atoms. The van der Waals surface area contributed by atoms with Crippen molar-refractivity contribution in [1.29, 1.82) is 0 Å². The Morgan fingerprint density at radius 1 is 0.629 bits per heavy atom. The molecule has 0 unspecified atom stereocenters. The van der Waals surface area contributed by atoms with Crippen LogP contribution in [0.4, 0.5) is 0 Å². The van der Waals surface area contributed by atoms with Crippen molar-refractivity contribution in [2.45, 2.75) is 149 Å². The van der Waals surface area contributed by atoms with Crippen molar-refractivity contribution in [3.05, 3.63) is 35.4 Å². The fourth-order valence-electron chi connectivity index (χ4n) is 4.42. The van der Waals surface area contributed by atoms with E-state index < -0.39 is 5.97 Å². The van der Waals surface area contributed by atoms with Crippen LogP contribution in [-0.4, -0.2) is 12.5 Å². The second-order valence-corrected chi connectivity index (χ2v) is 10.9. The van der Waals surface area contributed by atoms with Gasteiger partial charge in [-0.25, -0.2) is 0 Å². The van der Waals surface area contributed by atoms with E-state index in [0.29, 0.717) is 0 Å². The number of benzene rings is 1. The van der Waals surface area contributed by atoms with Crippen molar-refractivity contribution in [2.75, 3.05) is 6.54 Å². The van der Waals surface area contributed by atoms with Crippen LogP contribution in [0.1, 0.15) is 158 Å². The first-order chi connectivity index (χ1) is 17.0. The van der Waals surface area contributed by atoms with Gasteiger partial charge in [0.25, 0.3) is 0 Å². The minimum Gasteiger partial charge on any atom is -0.545 e. The maximum absolute atomic E-state index is 10.2. The summed E-state index contributed by atoms with van der Waals surface area (Å²) in [7, 11) is 0. The number of aromatic carboxylic acids is 1. The first-order valence-electron chi connectivity index (χ1n) is 15.0. The topological polar surface area (TPSA) is 67.8 Å². The third kappa shape index (κ3) is 25.5. The third-order valence-corrected chi connectivity index (χ3v) is 6.82. The van der Waals surface area contributed by atoms with Gasteiger partial charge in [-0.05, 0) is 31.2 Å². The summed E-state index contributed by atoms with van der Waals surface area (Å²) in [4.78, 5) is 10.2. The number of carboxylic acid groups (broad SMARTS) is 1. The van der Waals surface area contributed by atoms with Crippen LogP contribution >= 0.6 is 0 Å². The lowest BCUT2D eigenvalue weighted by Crippen LogP contribution is -2.50. The van der Waals surface area contributed by atoms with Crippen LogP contribution in [0.15, 0.2) is 24.3 Å². The molecule has 0 heterocycles. The molecule has 1 aromatic rings. The van der Waals surface area contributed by atoms with E-state index in [-0.39, 0.29) is 5.56 Å². The maximum atomic E-state index is 10.2. The average Bonchev–Trinajstić information content (AvgIpc) is 2.83. The fourth-order valence-corrected chi connectivity index (χ4v) is 4.42. The number of carbonyl (C=O) groups is 1. The standard InChI is InChI=1S/C24H51N.C8H8O2/c1-24(2)22-20-18-16-14-12-10-8-6-4-3-5-7-9-11-13-15-17-19-21-23-25;1-6-2-4-7(5-3-6)8(9)10/h24H,3-23,25H2,1-2H3;2-5H,1H3,(H,9,10). The van der Waals surface area contributed by atoms with E-state index in [1.807, 2.05) is 6.92 Å². The van der Waals surface area contributed by atoms with Gasteiger partial charge < -0.3 is 15.6 Å². The summed E-state index contributed by atoms with van der Waals surface area (Å²) >= 11 is 0. The molecule has 0 saturated carbocycles. The lowest BCUT2D eigenvalue weighted by Gasteiger charge is -2.05. The summed E-state index contributed by atoms with van der Waals surface area (Å²) in [6, 6.07) is 6.55. The number of rotatable bonds is 22. The van der Waals surface area contributed by atoms with E-state index in [1.54, 1.807) is 12.1 Å². The molecule has 0 atom stereocenters. The van der Waals surface area contributed by atoms with Gasteiger partial charge in [0.05, 0.1) is 12.5 Å². The minimum atomic E-state index is -1.12. The molecule has 0 spiro atoms. The molecule has 3 nitrogen and oxygen atoms in total. The minimum absolute atomic E-state index is 0.227. The summed E-state index contributed by atoms with van der Waals surface area (Å²) < 4.78 is 0. The average molecular weight is 490 g/mol. The van der Waals surface area contributed by atoms with Gasteiger partial charge in [0.2, 0.25) is 0 Å². The normalized spacial score (nSPS) is 10.9. The van der Waals surface area contributed by atoms with Crippen molar-refractivity contribution in [3.63, 3.8) is 0 Å². The van der Waals surface area contributed by atoms with Crippen molar-refractivity contribution in [1.82, 2.24) is 0 Å².